The molecule has 0 radical (unpaired) electrons. The molecule has 7 rings (SSSR count). The van der Waals surface area contributed by atoms with Crippen LogP contribution in [0, 0.1) is 17.0 Å². The lowest BCUT2D eigenvalue weighted by atomic mass is 9.89. The molecule has 3 atom stereocenters. The zero-order valence-corrected chi connectivity index (χ0v) is 26.2. The first-order valence-electron chi connectivity index (χ1n) is 15.2. The molecule has 4 heterocycles. The Labute approximate surface area is 259 Å². The molecule has 43 heavy (non-hydrogen) atoms. The molecule has 2 aromatic carbocycles. The summed E-state index contributed by atoms with van der Waals surface area (Å²) in [4.78, 5) is 16.1. The number of piperazine rings is 1. The van der Waals surface area contributed by atoms with Gasteiger partial charge >= 0.3 is 6.01 Å². The maximum atomic E-state index is 15.5. The molecule has 3 aromatic rings. The van der Waals surface area contributed by atoms with Crippen LogP contribution in [0.1, 0.15) is 38.7 Å². The van der Waals surface area contributed by atoms with E-state index in [1.807, 2.05) is 23.1 Å². The first-order valence-corrected chi connectivity index (χ1v) is 16.0. The number of benzene rings is 2. The van der Waals surface area contributed by atoms with E-state index in [-0.39, 0.29) is 39.0 Å². The predicted octanol–water partition coefficient (Wildman–Crippen LogP) is 4.72. The van der Waals surface area contributed by atoms with Gasteiger partial charge in [0.05, 0.1) is 36.4 Å². The number of rotatable bonds is 8. The number of aliphatic hydroxyl groups excluding tert-OH is 1. The number of aromatic nitrogens is 2. The Morgan fingerprint density at radius 2 is 1.86 bits per heavy atom. The first-order chi connectivity index (χ1) is 20.6. The van der Waals surface area contributed by atoms with E-state index in [0.717, 1.165) is 45.7 Å². The Hall–Kier alpha value is -2.44. The van der Waals surface area contributed by atoms with Crippen LogP contribution in [0.25, 0.3) is 10.9 Å². The summed E-state index contributed by atoms with van der Waals surface area (Å²) in [5.41, 5.74) is 0.905. The zero-order valence-electron chi connectivity index (χ0n) is 24.6. The molecule has 230 valence electrons. The second-order valence-electron chi connectivity index (χ2n) is 13.2. The number of hydrogen-bond acceptors (Lipinski definition) is 8. The molecule has 11 heteroatoms. The number of aliphatic hydroxyl groups is 1. The van der Waals surface area contributed by atoms with Crippen molar-refractivity contribution in [3.8, 4) is 6.01 Å². The average Bonchev–Trinajstić information content (AvgIpc) is 3.74. The van der Waals surface area contributed by atoms with Crippen molar-refractivity contribution in [1.82, 2.24) is 19.8 Å². The van der Waals surface area contributed by atoms with Gasteiger partial charge in [-0.3, -0.25) is 9.80 Å². The van der Waals surface area contributed by atoms with Crippen molar-refractivity contribution in [1.29, 1.82) is 0 Å². The fourth-order valence-corrected chi connectivity index (χ4v) is 7.69. The van der Waals surface area contributed by atoms with Crippen LogP contribution in [-0.2, 0) is 10.3 Å². The quantitative estimate of drug-likeness (QED) is 0.349. The summed E-state index contributed by atoms with van der Waals surface area (Å²) in [6, 6.07) is 11.5. The number of ether oxygens (including phenoxy) is 2. The lowest BCUT2D eigenvalue weighted by molar-refractivity contribution is 0.0219. The maximum Gasteiger partial charge on any atom is 0.319 e. The van der Waals surface area contributed by atoms with Gasteiger partial charge in [0.1, 0.15) is 17.2 Å². The Morgan fingerprint density at radius 1 is 1.12 bits per heavy atom. The highest BCUT2D eigenvalue weighted by atomic mass is 79.9. The van der Waals surface area contributed by atoms with Gasteiger partial charge in [-0.2, -0.15) is 9.97 Å². The van der Waals surface area contributed by atoms with E-state index < -0.39 is 17.7 Å². The number of anilines is 1. The van der Waals surface area contributed by atoms with Crippen LogP contribution in [0.4, 0.5) is 14.6 Å². The Balaban J connectivity index is 1.19. The van der Waals surface area contributed by atoms with E-state index in [4.69, 9.17) is 14.5 Å². The molecule has 4 aliphatic rings. The van der Waals surface area contributed by atoms with Gasteiger partial charge in [0.2, 0.25) is 0 Å². The van der Waals surface area contributed by atoms with Crippen molar-refractivity contribution < 1.29 is 23.4 Å². The minimum absolute atomic E-state index is 0.0197. The number of hydrogen-bond donors (Lipinski definition) is 1. The number of morpholine rings is 1. The lowest BCUT2D eigenvalue weighted by Crippen LogP contribution is -2.61. The molecule has 0 amide bonds. The molecule has 3 aliphatic heterocycles. The fraction of sp³-hybridized carbons (Fsp3) is 0.562. The molecule has 8 nitrogen and oxygen atoms in total. The van der Waals surface area contributed by atoms with E-state index in [0.29, 0.717) is 37.3 Å². The van der Waals surface area contributed by atoms with Crippen LogP contribution in [0.15, 0.2) is 40.9 Å². The maximum absolute atomic E-state index is 15.5. The minimum atomic E-state index is -0.773. The summed E-state index contributed by atoms with van der Waals surface area (Å²) in [5, 5.41) is 11.5. The highest BCUT2D eigenvalue weighted by Gasteiger charge is 2.52. The van der Waals surface area contributed by atoms with Gasteiger partial charge in [-0.05, 0) is 60.7 Å². The standard InChI is InChI=1S/C32H38BrF2N5O3/c1-31(2,20-6-4-3-5-7-20)40-21-14-25(41)24(40)17-39(16-21)29-22-15-23(34)26(33)27(35)28(22)36-30(37-29)43-19-32(8-9-32)18-38-10-12-42-13-11-38/h3-7,15,21,24-25,41H,8-14,16-19H2,1-2H3. The number of halogens is 3. The summed E-state index contributed by atoms with van der Waals surface area (Å²) in [7, 11) is 0. The van der Waals surface area contributed by atoms with Crippen molar-refractivity contribution >= 4 is 32.7 Å². The van der Waals surface area contributed by atoms with E-state index in [9.17, 15) is 9.50 Å². The van der Waals surface area contributed by atoms with Gasteiger partial charge in [-0.1, -0.05) is 30.3 Å². The summed E-state index contributed by atoms with van der Waals surface area (Å²) >= 11 is 3.05. The summed E-state index contributed by atoms with van der Waals surface area (Å²) in [5.74, 6) is -1.05. The van der Waals surface area contributed by atoms with Crippen molar-refractivity contribution in [2.24, 2.45) is 5.41 Å². The second-order valence-corrected chi connectivity index (χ2v) is 13.9. The summed E-state index contributed by atoms with van der Waals surface area (Å²) < 4.78 is 41.8. The highest BCUT2D eigenvalue weighted by Crippen LogP contribution is 2.47. The molecular formula is C32H38BrF2N5O3. The largest absolute Gasteiger partial charge is 0.463 e. The molecule has 4 fully saturated rings. The Bertz CT molecular complexity index is 1500. The smallest absolute Gasteiger partial charge is 0.319 e. The molecule has 1 saturated carbocycles. The van der Waals surface area contributed by atoms with Gasteiger partial charge < -0.3 is 19.5 Å². The van der Waals surface area contributed by atoms with E-state index in [1.54, 1.807) is 0 Å². The predicted molar refractivity (Wildman–Crippen MR) is 163 cm³/mol. The highest BCUT2D eigenvalue weighted by molar-refractivity contribution is 9.10. The summed E-state index contributed by atoms with van der Waals surface area (Å²) in [6.07, 6.45) is 2.19. The molecule has 1 aromatic heterocycles. The van der Waals surface area contributed by atoms with Crippen LogP contribution in [-0.4, -0.2) is 95.6 Å². The van der Waals surface area contributed by atoms with Gasteiger partial charge in [-0.25, -0.2) is 8.78 Å². The van der Waals surface area contributed by atoms with Crippen molar-refractivity contribution in [3.63, 3.8) is 0 Å². The van der Waals surface area contributed by atoms with Crippen LogP contribution < -0.4 is 9.64 Å². The molecule has 0 spiro atoms. The molecule has 3 unspecified atom stereocenters. The molecule has 1 N–H and O–H groups in total. The van der Waals surface area contributed by atoms with Crippen molar-refractivity contribution in [2.75, 3.05) is 57.4 Å². The third-order valence-electron chi connectivity index (χ3n) is 9.89. The molecule has 1 aliphatic carbocycles. The van der Waals surface area contributed by atoms with Gasteiger partial charge in [0, 0.05) is 55.1 Å². The summed E-state index contributed by atoms with van der Waals surface area (Å²) in [6.45, 7) is 10.0. The number of nitrogens with zero attached hydrogens (tertiary/aromatic N) is 5. The van der Waals surface area contributed by atoms with Crippen LogP contribution in [0.2, 0.25) is 0 Å². The lowest BCUT2D eigenvalue weighted by Gasteiger charge is -2.50. The van der Waals surface area contributed by atoms with Crippen LogP contribution in [0.3, 0.4) is 0 Å². The van der Waals surface area contributed by atoms with Crippen LogP contribution >= 0.6 is 15.9 Å². The molecule has 2 bridgehead atoms. The average molecular weight is 659 g/mol. The van der Waals surface area contributed by atoms with Gasteiger partial charge in [-0.15, -0.1) is 0 Å². The van der Waals surface area contributed by atoms with E-state index in [2.05, 4.69) is 56.7 Å². The van der Waals surface area contributed by atoms with Crippen molar-refractivity contribution in [3.05, 3.63) is 58.1 Å². The Kier molecular flexibility index (Phi) is 7.61. The topological polar surface area (TPSA) is 74.2 Å². The molecule has 3 saturated heterocycles. The van der Waals surface area contributed by atoms with Crippen LogP contribution in [0.5, 0.6) is 6.01 Å². The molecular weight excluding hydrogens is 620 g/mol. The minimum Gasteiger partial charge on any atom is -0.463 e. The Morgan fingerprint density at radius 3 is 2.56 bits per heavy atom. The normalized spacial score (nSPS) is 25.8. The second kappa shape index (κ2) is 11.2. The third kappa shape index (κ3) is 5.41. The SMILES string of the molecule is CC(C)(c1ccccc1)N1C2CC(O)C1CN(c1nc(OCC3(CN4CCOCC4)CC3)nc3c(F)c(Br)c(F)cc13)C2. The van der Waals surface area contributed by atoms with E-state index in [1.165, 1.54) is 11.6 Å². The fourth-order valence-electron chi connectivity index (χ4n) is 7.39. The van der Waals surface area contributed by atoms with Crippen molar-refractivity contribution in [2.45, 2.75) is 56.8 Å². The van der Waals surface area contributed by atoms with Gasteiger partial charge in [0.25, 0.3) is 0 Å². The monoisotopic (exact) mass is 657 g/mol. The number of fused-ring (bicyclic) bond motifs is 3. The van der Waals surface area contributed by atoms with Gasteiger partial charge in [0.15, 0.2) is 5.82 Å². The zero-order chi connectivity index (χ0) is 29.9. The first kappa shape index (κ1) is 29.3. The third-order valence-corrected chi connectivity index (χ3v) is 10.6. The van der Waals surface area contributed by atoms with E-state index >= 15 is 4.39 Å².